The van der Waals surface area contributed by atoms with Crippen LogP contribution < -0.4 is 0 Å². The van der Waals surface area contributed by atoms with E-state index in [1.165, 1.54) is 88.0 Å². The molecule has 9 rings (SSSR count). The number of fused-ring (bicyclic) bond motifs is 5. The molecule has 42 heavy (non-hydrogen) atoms. The van der Waals surface area contributed by atoms with Gasteiger partial charge in [-0.05, 0) is 107 Å². The number of hydrogen-bond donors (Lipinski definition) is 0. The molecule has 0 amide bonds. The van der Waals surface area contributed by atoms with Crippen molar-refractivity contribution < 1.29 is 0 Å². The molecule has 0 nitrogen and oxygen atoms in total. The van der Waals surface area contributed by atoms with Crippen molar-refractivity contribution in [3.8, 4) is 44.5 Å². The van der Waals surface area contributed by atoms with Gasteiger partial charge in [-0.2, -0.15) is 0 Å². The maximum absolute atomic E-state index is 2.44. The first-order valence-corrected chi connectivity index (χ1v) is 14.9. The minimum absolute atomic E-state index is 1.08. The zero-order valence-corrected chi connectivity index (χ0v) is 23.3. The summed E-state index contributed by atoms with van der Waals surface area (Å²) in [4.78, 5) is 0. The summed E-state index contributed by atoms with van der Waals surface area (Å²) in [5.74, 6) is 0. The minimum atomic E-state index is 1.08. The average Bonchev–Trinajstić information content (AvgIpc) is 3.39. The molecule has 0 saturated carbocycles. The standard InChI is InChI=1S/C42H28/c1-3-13-28(14-4-1)38-34-18-9-10-19-35(34)39(29-15-5-2-6-16-29)42-37-25-24-32(33-20-11-21-36(40(33)37)41(38)42)31-23-22-27-12-7-8-17-30(27)26-31/h1,3-5,7-26H,2,6H2. The molecule has 2 aliphatic rings. The lowest BCUT2D eigenvalue weighted by Gasteiger charge is -2.21. The molecule has 0 heteroatoms. The topological polar surface area (TPSA) is 0 Å². The highest BCUT2D eigenvalue weighted by Gasteiger charge is 2.31. The Morgan fingerprint density at radius 1 is 0.405 bits per heavy atom. The van der Waals surface area contributed by atoms with Crippen LogP contribution in [0.2, 0.25) is 0 Å². The van der Waals surface area contributed by atoms with E-state index in [1.807, 2.05) is 0 Å². The van der Waals surface area contributed by atoms with E-state index in [0.717, 1.165) is 12.8 Å². The molecule has 0 spiro atoms. The molecule has 0 radical (unpaired) electrons. The fourth-order valence-electron chi connectivity index (χ4n) is 7.41. The Balaban J connectivity index is 1.42. The van der Waals surface area contributed by atoms with Crippen molar-refractivity contribution in [3.05, 3.63) is 151 Å². The molecule has 0 unspecified atom stereocenters. The molecule has 0 aliphatic heterocycles. The monoisotopic (exact) mass is 532 g/mol. The van der Waals surface area contributed by atoms with Crippen molar-refractivity contribution in [1.29, 1.82) is 0 Å². The molecule has 7 aromatic carbocycles. The fourth-order valence-corrected chi connectivity index (χ4v) is 7.41. The summed E-state index contributed by atoms with van der Waals surface area (Å²) in [6.07, 6.45) is 9.31. The number of rotatable bonds is 3. The van der Waals surface area contributed by atoms with Gasteiger partial charge in [0.25, 0.3) is 0 Å². The van der Waals surface area contributed by atoms with Gasteiger partial charge in [0.2, 0.25) is 0 Å². The Hall–Kier alpha value is -5.20. The zero-order valence-electron chi connectivity index (χ0n) is 23.3. The van der Waals surface area contributed by atoms with E-state index in [1.54, 1.807) is 0 Å². The summed E-state index contributed by atoms with van der Waals surface area (Å²) in [6, 6.07) is 47.2. The first-order valence-electron chi connectivity index (χ1n) is 14.9. The second kappa shape index (κ2) is 9.16. The molecular weight excluding hydrogens is 504 g/mol. The van der Waals surface area contributed by atoms with Crippen LogP contribution in [0.25, 0.3) is 82.4 Å². The van der Waals surface area contributed by atoms with Gasteiger partial charge in [0.15, 0.2) is 0 Å². The van der Waals surface area contributed by atoms with Gasteiger partial charge in [-0.1, -0.05) is 140 Å². The Morgan fingerprint density at radius 2 is 1.10 bits per heavy atom. The maximum Gasteiger partial charge on any atom is -0.000741 e. The third kappa shape index (κ3) is 3.36. The van der Waals surface area contributed by atoms with Gasteiger partial charge in [-0.15, -0.1) is 0 Å². The lowest BCUT2D eigenvalue weighted by molar-refractivity contribution is 1.04. The predicted molar refractivity (Wildman–Crippen MR) is 181 cm³/mol. The highest BCUT2D eigenvalue weighted by Crippen LogP contribution is 2.57. The smallest absolute Gasteiger partial charge is 0.000741 e. The van der Waals surface area contributed by atoms with Gasteiger partial charge in [0, 0.05) is 0 Å². The Morgan fingerprint density at radius 3 is 1.93 bits per heavy atom. The summed E-state index contributed by atoms with van der Waals surface area (Å²) >= 11 is 0. The van der Waals surface area contributed by atoms with E-state index in [9.17, 15) is 0 Å². The van der Waals surface area contributed by atoms with Crippen molar-refractivity contribution in [3.63, 3.8) is 0 Å². The largest absolute Gasteiger partial charge is 0.0836 e. The number of hydrogen-bond acceptors (Lipinski definition) is 0. The first kappa shape index (κ1) is 23.5. The highest BCUT2D eigenvalue weighted by atomic mass is 14.3. The Kier molecular flexibility index (Phi) is 5.12. The Labute approximate surface area is 245 Å². The van der Waals surface area contributed by atoms with Crippen LogP contribution in [-0.4, -0.2) is 0 Å². The first-order chi connectivity index (χ1) is 20.9. The summed E-state index contributed by atoms with van der Waals surface area (Å²) in [7, 11) is 0. The quantitative estimate of drug-likeness (QED) is 0.212. The average molecular weight is 533 g/mol. The van der Waals surface area contributed by atoms with Gasteiger partial charge in [0.1, 0.15) is 0 Å². The molecule has 196 valence electrons. The molecule has 0 heterocycles. The van der Waals surface area contributed by atoms with Crippen molar-refractivity contribution in [2.75, 3.05) is 0 Å². The van der Waals surface area contributed by atoms with Crippen LogP contribution in [0, 0.1) is 0 Å². The summed E-state index contributed by atoms with van der Waals surface area (Å²) in [5, 5.41) is 7.88. The minimum Gasteiger partial charge on any atom is -0.0836 e. The number of benzene rings is 7. The molecule has 0 N–H and O–H groups in total. The van der Waals surface area contributed by atoms with E-state index < -0.39 is 0 Å². The molecule has 0 fully saturated rings. The van der Waals surface area contributed by atoms with E-state index in [4.69, 9.17) is 0 Å². The second-order valence-corrected chi connectivity index (χ2v) is 11.5. The number of allylic oxidation sites excluding steroid dienone is 4. The SMILES string of the molecule is C1=CC(c2c3c(c(-c4ccccc4)c4ccccc24)-c2cccc4c(-c5ccc6ccccc6c5)ccc-3c24)=CCC1. The highest BCUT2D eigenvalue weighted by molar-refractivity contribution is 6.27. The molecule has 0 atom stereocenters. The van der Waals surface area contributed by atoms with E-state index in [2.05, 4.69) is 146 Å². The van der Waals surface area contributed by atoms with Crippen molar-refractivity contribution in [1.82, 2.24) is 0 Å². The maximum atomic E-state index is 2.44. The van der Waals surface area contributed by atoms with Crippen molar-refractivity contribution in [2.24, 2.45) is 0 Å². The van der Waals surface area contributed by atoms with Crippen molar-refractivity contribution in [2.45, 2.75) is 12.8 Å². The fraction of sp³-hybridized carbons (Fsp3) is 0.0476. The third-order valence-corrected chi connectivity index (χ3v) is 9.20. The van der Waals surface area contributed by atoms with Crippen LogP contribution in [-0.2, 0) is 0 Å². The summed E-state index contributed by atoms with van der Waals surface area (Å²) in [5.41, 5.74) is 13.3. The van der Waals surface area contributed by atoms with Crippen LogP contribution in [0.1, 0.15) is 18.4 Å². The Bertz CT molecular complexity index is 2280. The molecule has 0 bridgehead atoms. The third-order valence-electron chi connectivity index (χ3n) is 9.20. The van der Waals surface area contributed by atoms with E-state index in [0.29, 0.717) is 0 Å². The zero-order chi connectivity index (χ0) is 27.6. The van der Waals surface area contributed by atoms with Gasteiger partial charge in [-0.25, -0.2) is 0 Å². The molecule has 0 saturated heterocycles. The van der Waals surface area contributed by atoms with Gasteiger partial charge < -0.3 is 0 Å². The van der Waals surface area contributed by atoms with Crippen LogP contribution in [0.4, 0.5) is 0 Å². The van der Waals surface area contributed by atoms with Gasteiger partial charge in [0.05, 0.1) is 0 Å². The molecule has 2 aliphatic carbocycles. The normalized spacial score (nSPS) is 13.6. The van der Waals surface area contributed by atoms with Crippen molar-refractivity contribution >= 4 is 37.9 Å². The summed E-state index contributed by atoms with van der Waals surface area (Å²) < 4.78 is 0. The van der Waals surface area contributed by atoms with Crippen LogP contribution in [0.3, 0.4) is 0 Å². The second-order valence-electron chi connectivity index (χ2n) is 11.5. The predicted octanol–water partition coefficient (Wildman–Crippen LogP) is 11.9. The lowest BCUT2D eigenvalue weighted by Crippen LogP contribution is -1.96. The van der Waals surface area contributed by atoms with Crippen LogP contribution in [0.5, 0.6) is 0 Å². The van der Waals surface area contributed by atoms with Gasteiger partial charge >= 0.3 is 0 Å². The lowest BCUT2D eigenvalue weighted by atomic mass is 9.81. The molecular formula is C42H28. The molecule has 0 aromatic heterocycles. The van der Waals surface area contributed by atoms with E-state index >= 15 is 0 Å². The summed E-state index contributed by atoms with van der Waals surface area (Å²) in [6.45, 7) is 0. The van der Waals surface area contributed by atoms with Crippen LogP contribution in [0.15, 0.2) is 146 Å². The van der Waals surface area contributed by atoms with Crippen LogP contribution >= 0.6 is 0 Å². The molecule has 7 aromatic rings. The van der Waals surface area contributed by atoms with Gasteiger partial charge in [-0.3, -0.25) is 0 Å². The van der Waals surface area contributed by atoms with E-state index in [-0.39, 0.29) is 0 Å².